The number of benzene rings is 1. The summed E-state index contributed by atoms with van der Waals surface area (Å²) in [7, 11) is 2.95. The molecule has 1 aliphatic heterocycles. The smallest absolute Gasteiger partial charge is 0.341 e. The van der Waals surface area contributed by atoms with Crippen molar-refractivity contribution in [2.45, 2.75) is 18.8 Å². The molecule has 0 radical (unpaired) electrons. The molecule has 1 aromatic carbocycles. The molecule has 0 unspecified atom stereocenters. The summed E-state index contributed by atoms with van der Waals surface area (Å²) in [6.07, 6.45) is 2.21. The summed E-state index contributed by atoms with van der Waals surface area (Å²) < 4.78 is 9.99. The molecular formula is C14H20ClNO3. The van der Waals surface area contributed by atoms with Gasteiger partial charge < -0.3 is 14.8 Å². The van der Waals surface area contributed by atoms with Gasteiger partial charge in [0.2, 0.25) is 0 Å². The van der Waals surface area contributed by atoms with Crippen molar-refractivity contribution in [3.8, 4) is 5.75 Å². The van der Waals surface area contributed by atoms with E-state index in [-0.39, 0.29) is 18.4 Å². The Hall–Kier alpha value is -1.26. The number of hydrogen-bond donors (Lipinski definition) is 1. The average Bonchev–Trinajstić information content (AvgIpc) is 2.46. The molecule has 2 rings (SSSR count). The SMILES string of the molecule is COC(=O)c1cc(C2CCNCC2)ccc1OC.Cl. The van der Waals surface area contributed by atoms with Gasteiger partial charge in [-0.05, 0) is 49.5 Å². The minimum absolute atomic E-state index is 0. The molecule has 4 nitrogen and oxygen atoms in total. The minimum atomic E-state index is -0.345. The highest BCUT2D eigenvalue weighted by atomic mass is 35.5. The third-order valence-electron chi connectivity index (χ3n) is 3.44. The standard InChI is InChI=1S/C14H19NO3.ClH/c1-17-13-4-3-11(9-12(13)14(16)18-2)10-5-7-15-8-6-10;/h3-4,9-10,15H,5-8H2,1-2H3;1H. The molecule has 1 aliphatic rings. The average molecular weight is 286 g/mol. The molecular weight excluding hydrogens is 266 g/mol. The summed E-state index contributed by atoms with van der Waals surface area (Å²) in [6.45, 7) is 2.06. The van der Waals surface area contributed by atoms with Crippen molar-refractivity contribution in [1.82, 2.24) is 5.32 Å². The van der Waals surface area contributed by atoms with E-state index in [1.165, 1.54) is 12.7 Å². The summed E-state index contributed by atoms with van der Waals surface area (Å²) in [6, 6.07) is 5.80. The second-order valence-corrected chi connectivity index (χ2v) is 4.48. The van der Waals surface area contributed by atoms with E-state index in [2.05, 4.69) is 5.32 Å². The molecule has 0 atom stereocenters. The van der Waals surface area contributed by atoms with Crippen LogP contribution in [0.2, 0.25) is 0 Å². The van der Waals surface area contributed by atoms with Gasteiger partial charge in [-0.2, -0.15) is 0 Å². The Balaban J connectivity index is 0.00000180. The van der Waals surface area contributed by atoms with E-state index < -0.39 is 0 Å². The highest BCUT2D eigenvalue weighted by molar-refractivity contribution is 5.92. The fraction of sp³-hybridized carbons (Fsp3) is 0.500. The van der Waals surface area contributed by atoms with Gasteiger partial charge in [-0.25, -0.2) is 4.79 Å². The van der Waals surface area contributed by atoms with Gasteiger partial charge in [-0.15, -0.1) is 12.4 Å². The number of carbonyl (C=O) groups is 1. The van der Waals surface area contributed by atoms with Crippen LogP contribution < -0.4 is 10.1 Å². The van der Waals surface area contributed by atoms with Crippen molar-refractivity contribution in [1.29, 1.82) is 0 Å². The van der Waals surface area contributed by atoms with Crippen molar-refractivity contribution >= 4 is 18.4 Å². The first kappa shape index (κ1) is 15.8. The Kier molecular flexibility index (Phi) is 6.12. The highest BCUT2D eigenvalue weighted by Crippen LogP contribution is 2.29. The van der Waals surface area contributed by atoms with Crippen molar-refractivity contribution in [2.24, 2.45) is 0 Å². The van der Waals surface area contributed by atoms with E-state index in [0.717, 1.165) is 25.9 Å². The fourth-order valence-corrected chi connectivity index (χ4v) is 2.40. The van der Waals surface area contributed by atoms with Gasteiger partial charge in [-0.3, -0.25) is 0 Å². The van der Waals surface area contributed by atoms with Crippen LogP contribution >= 0.6 is 12.4 Å². The molecule has 1 saturated heterocycles. The van der Waals surface area contributed by atoms with E-state index in [1.54, 1.807) is 7.11 Å². The van der Waals surface area contributed by atoms with E-state index in [9.17, 15) is 4.79 Å². The number of halogens is 1. The molecule has 1 fully saturated rings. The van der Waals surface area contributed by atoms with Crippen molar-refractivity contribution < 1.29 is 14.3 Å². The molecule has 0 saturated carbocycles. The van der Waals surface area contributed by atoms with E-state index >= 15 is 0 Å². The van der Waals surface area contributed by atoms with E-state index in [0.29, 0.717) is 17.2 Å². The Labute approximate surface area is 119 Å². The van der Waals surface area contributed by atoms with Crippen LogP contribution in [0.25, 0.3) is 0 Å². The molecule has 1 heterocycles. The number of methoxy groups -OCH3 is 2. The molecule has 0 amide bonds. The zero-order chi connectivity index (χ0) is 13.0. The molecule has 19 heavy (non-hydrogen) atoms. The lowest BCUT2D eigenvalue weighted by atomic mass is 9.89. The van der Waals surface area contributed by atoms with Gasteiger partial charge in [0.25, 0.3) is 0 Å². The number of carbonyl (C=O) groups excluding carboxylic acids is 1. The Morgan fingerprint density at radius 1 is 1.26 bits per heavy atom. The monoisotopic (exact) mass is 285 g/mol. The lowest BCUT2D eigenvalue weighted by Gasteiger charge is -2.23. The summed E-state index contributed by atoms with van der Waals surface area (Å²) >= 11 is 0. The molecule has 1 aromatic rings. The first-order valence-electron chi connectivity index (χ1n) is 6.23. The van der Waals surface area contributed by atoms with Gasteiger partial charge in [0.15, 0.2) is 0 Å². The fourth-order valence-electron chi connectivity index (χ4n) is 2.40. The quantitative estimate of drug-likeness (QED) is 0.866. The Morgan fingerprint density at radius 2 is 1.95 bits per heavy atom. The Morgan fingerprint density at radius 3 is 2.53 bits per heavy atom. The molecule has 1 N–H and O–H groups in total. The first-order chi connectivity index (χ1) is 8.76. The molecule has 0 spiro atoms. The summed E-state index contributed by atoms with van der Waals surface area (Å²) in [5, 5.41) is 3.34. The van der Waals surface area contributed by atoms with Crippen molar-refractivity contribution in [3.63, 3.8) is 0 Å². The van der Waals surface area contributed by atoms with Crippen LogP contribution in [0.5, 0.6) is 5.75 Å². The number of nitrogens with one attached hydrogen (secondary N) is 1. The van der Waals surface area contributed by atoms with Crippen LogP contribution in [-0.2, 0) is 4.74 Å². The predicted molar refractivity (Wildman–Crippen MR) is 76.4 cm³/mol. The van der Waals surface area contributed by atoms with Gasteiger partial charge in [0.05, 0.1) is 14.2 Å². The maximum Gasteiger partial charge on any atom is 0.341 e. The van der Waals surface area contributed by atoms with Gasteiger partial charge in [-0.1, -0.05) is 6.07 Å². The van der Waals surface area contributed by atoms with Gasteiger partial charge in [0, 0.05) is 0 Å². The van der Waals surface area contributed by atoms with Crippen LogP contribution in [0.4, 0.5) is 0 Å². The molecule has 5 heteroatoms. The third kappa shape index (κ3) is 3.61. The maximum absolute atomic E-state index is 11.7. The number of ether oxygens (including phenoxy) is 2. The highest BCUT2D eigenvalue weighted by Gasteiger charge is 2.19. The largest absolute Gasteiger partial charge is 0.496 e. The molecule has 0 aromatic heterocycles. The first-order valence-corrected chi connectivity index (χ1v) is 6.23. The van der Waals surface area contributed by atoms with Crippen LogP contribution in [0.3, 0.4) is 0 Å². The normalized spacial score (nSPS) is 15.5. The number of piperidine rings is 1. The van der Waals surface area contributed by atoms with Crippen LogP contribution in [0.15, 0.2) is 18.2 Å². The zero-order valence-electron chi connectivity index (χ0n) is 11.3. The summed E-state index contributed by atoms with van der Waals surface area (Å²) in [4.78, 5) is 11.7. The predicted octanol–water partition coefficient (Wildman–Crippen LogP) is 2.37. The summed E-state index contributed by atoms with van der Waals surface area (Å²) in [5.41, 5.74) is 1.70. The molecule has 0 bridgehead atoms. The zero-order valence-corrected chi connectivity index (χ0v) is 12.1. The van der Waals surface area contributed by atoms with Crippen LogP contribution in [-0.4, -0.2) is 33.3 Å². The van der Waals surface area contributed by atoms with E-state index in [1.807, 2.05) is 18.2 Å². The van der Waals surface area contributed by atoms with Gasteiger partial charge in [0.1, 0.15) is 11.3 Å². The Bertz CT molecular complexity index is 431. The lowest BCUT2D eigenvalue weighted by molar-refractivity contribution is 0.0597. The number of hydrogen-bond acceptors (Lipinski definition) is 4. The minimum Gasteiger partial charge on any atom is -0.496 e. The number of rotatable bonds is 3. The topological polar surface area (TPSA) is 47.6 Å². The van der Waals surface area contributed by atoms with Crippen LogP contribution in [0, 0.1) is 0 Å². The van der Waals surface area contributed by atoms with Crippen molar-refractivity contribution in [3.05, 3.63) is 29.3 Å². The maximum atomic E-state index is 11.7. The second kappa shape index (κ2) is 7.36. The lowest BCUT2D eigenvalue weighted by Crippen LogP contribution is -2.26. The summed E-state index contributed by atoms with van der Waals surface area (Å²) in [5.74, 6) is 0.739. The molecule has 106 valence electrons. The second-order valence-electron chi connectivity index (χ2n) is 4.48. The van der Waals surface area contributed by atoms with E-state index in [4.69, 9.17) is 9.47 Å². The number of esters is 1. The van der Waals surface area contributed by atoms with Crippen LogP contribution in [0.1, 0.15) is 34.7 Å². The van der Waals surface area contributed by atoms with Crippen molar-refractivity contribution in [2.75, 3.05) is 27.3 Å². The van der Waals surface area contributed by atoms with Gasteiger partial charge >= 0.3 is 5.97 Å². The molecule has 0 aliphatic carbocycles. The third-order valence-corrected chi connectivity index (χ3v) is 3.44.